The zero-order valence-corrected chi connectivity index (χ0v) is 14.0. The van der Waals surface area contributed by atoms with Crippen molar-refractivity contribution < 1.29 is 23.1 Å². The van der Waals surface area contributed by atoms with Crippen LogP contribution in [0.2, 0.25) is 0 Å². The number of ether oxygens (including phenoxy) is 1. The van der Waals surface area contributed by atoms with Gasteiger partial charge in [-0.3, -0.25) is 9.59 Å². The Kier molecular flexibility index (Phi) is 6.78. The maximum Gasteiger partial charge on any atom is 0.307 e. The van der Waals surface area contributed by atoms with E-state index in [0.29, 0.717) is 22.3 Å². The van der Waals surface area contributed by atoms with Gasteiger partial charge in [0.1, 0.15) is 0 Å². The number of allylic oxidation sites excluding steroid dienone is 2. The number of carbonyl (C=O) groups is 2. The Hall–Kier alpha value is -1.89. The first-order chi connectivity index (χ1) is 11.4. The molecule has 1 amide bonds. The van der Waals surface area contributed by atoms with Gasteiger partial charge in [-0.2, -0.15) is 8.78 Å². The molecular formula is C17H19F2NO3S. The Labute approximate surface area is 143 Å². The lowest BCUT2D eigenvalue weighted by atomic mass is 10.1. The van der Waals surface area contributed by atoms with Crippen LogP contribution in [0.4, 0.5) is 14.5 Å². The van der Waals surface area contributed by atoms with E-state index in [0.717, 1.165) is 12.8 Å². The van der Waals surface area contributed by atoms with Crippen LogP contribution in [0.25, 0.3) is 0 Å². The molecule has 1 N–H and O–H groups in total. The van der Waals surface area contributed by atoms with Crippen molar-refractivity contribution in [2.45, 2.75) is 42.9 Å². The monoisotopic (exact) mass is 355 g/mol. The Balaban J connectivity index is 1.80. The molecule has 1 aromatic carbocycles. The van der Waals surface area contributed by atoms with Crippen LogP contribution in [0.5, 0.6) is 0 Å². The van der Waals surface area contributed by atoms with Crippen LogP contribution in [0.1, 0.15) is 26.2 Å². The number of hydrogen-bond acceptors (Lipinski definition) is 4. The minimum absolute atomic E-state index is 0.188. The van der Waals surface area contributed by atoms with Gasteiger partial charge in [0.05, 0.1) is 6.42 Å². The molecule has 0 unspecified atom stereocenters. The number of halogens is 2. The van der Waals surface area contributed by atoms with Gasteiger partial charge in [0.25, 0.3) is 11.7 Å². The highest BCUT2D eigenvalue weighted by molar-refractivity contribution is 7.99. The van der Waals surface area contributed by atoms with Gasteiger partial charge in [-0.05, 0) is 49.9 Å². The second-order valence-corrected chi connectivity index (χ2v) is 6.56. The van der Waals surface area contributed by atoms with E-state index in [1.807, 2.05) is 12.2 Å². The summed E-state index contributed by atoms with van der Waals surface area (Å²) in [6.45, 7) is 1.50. The zero-order valence-electron chi connectivity index (χ0n) is 13.2. The molecule has 24 heavy (non-hydrogen) atoms. The molecule has 0 saturated heterocycles. The van der Waals surface area contributed by atoms with Crippen LogP contribution in [-0.4, -0.2) is 23.7 Å². The van der Waals surface area contributed by atoms with Crippen molar-refractivity contribution in [1.82, 2.24) is 0 Å². The summed E-state index contributed by atoms with van der Waals surface area (Å²) in [5, 5.41) is 2.59. The summed E-state index contributed by atoms with van der Waals surface area (Å²) in [6, 6.07) is 6.05. The van der Waals surface area contributed by atoms with E-state index in [1.165, 1.54) is 31.2 Å². The van der Waals surface area contributed by atoms with E-state index in [4.69, 9.17) is 4.74 Å². The molecule has 2 rings (SSSR count). The van der Waals surface area contributed by atoms with E-state index >= 15 is 0 Å². The van der Waals surface area contributed by atoms with Crippen molar-refractivity contribution in [1.29, 1.82) is 0 Å². The first-order valence-electron chi connectivity index (χ1n) is 7.66. The number of nitrogens with one attached hydrogen (secondary N) is 1. The predicted octanol–water partition coefficient (Wildman–Crippen LogP) is 4.23. The van der Waals surface area contributed by atoms with Crippen molar-refractivity contribution in [2.24, 2.45) is 5.92 Å². The van der Waals surface area contributed by atoms with Gasteiger partial charge in [0, 0.05) is 10.6 Å². The van der Waals surface area contributed by atoms with Crippen molar-refractivity contribution in [3.05, 3.63) is 36.4 Å². The lowest BCUT2D eigenvalue weighted by Gasteiger charge is -2.15. The van der Waals surface area contributed by atoms with Crippen LogP contribution in [-0.2, 0) is 14.3 Å². The Morgan fingerprint density at radius 1 is 1.33 bits per heavy atom. The largest absolute Gasteiger partial charge is 0.453 e. The van der Waals surface area contributed by atoms with Gasteiger partial charge in [-0.15, -0.1) is 0 Å². The highest BCUT2D eigenvalue weighted by atomic mass is 32.2. The number of hydrogen-bond donors (Lipinski definition) is 1. The summed E-state index contributed by atoms with van der Waals surface area (Å²) in [5.74, 6) is -3.16. The minimum Gasteiger partial charge on any atom is -0.453 e. The van der Waals surface area contributed by atoms with Crippen LogP contribution in [0.3, 0.4) is 0 Å². The topological polar surface area (TPSA) is 55.4 Å². The maximum absolute atomic E-state index is 12.2. The molecular weight excluding hydrogens is 336 g/mol. The third-order valence-corrected chi connectivity index (χ3v) is 4.29. The molecule has 1 aliphatic carbocycles. The lowest BCUT2D eigenvalue weighted by molar-refractivity contribution is -0.153. The zero-order chi connectivity index (χ0) is 17.5. The second kappa shape index (κ2) is 8.82. The molecule has 0 aromatic heterocycles. The number of amides is 1. The summed E-state index contributed by atoms with van der Waals surface area (Å²) in [5.41, 5.74) is 0.459. The first-order valence-corrected chi connectivity index (χ1v) is 8.54. The number of esters is 1. The molecule has 1 aliphatic rings. The number of rotatable bonds is 7. The molecule has 1 aromatic rings. The van der Waals surface area contributed by atoms with Crippen LogP contribution in [0.15, 0.2) is 41.3 Å². The fraction of sp³-hybridized carbons (Fsp3) is 0.412. The standard InChI is InChI=1S/C17H19F2NO3S/c1-11(23-15(21)10-12-4-2-3-5-12)16(22)20-13-6-8-14(9-7-13)24-17(18)19/h2,4,6-9,11-12,17H,3,5,10H2,1H3,(H,20,22)/t11-,12+/m1/s1. The summed E-state index contributed by atoms with van der Waals surface area (Å²) in [4.78, 5) is 24.2. The van der Waals surface area contributed by atoms with E-state index in [9.17, 15) is 18.4 Å². The number of thioether (sulfide) groups is 1. The molecule has 4 nitrogen and oxygen atoms in total. The molecule has 0 bridgehead atoms. The Bertz CT molecular complexity index is 604. The number of anilines is 1. The Morgan fingerprint density at radius 3 is 2.62 bits per heavy atom. The third-order valence-electron chi connectivity index (χ3n) is 3.57. The van der Waals surface area contributed by atoms with E-state index in [1.54, 1.807) is 0 Å². The van der Waals surface area contributed by atoms with Gasteiger partial charge < -0.3 is 10.1 Å². The molecule has 7 heteroatoms. The molecule has 2 atom stereocenters. The van der Waals surface area contributed by atoms with Crippen molar-refractivity contribution in [3.8, 4) is 0 Å². The van der Waals surface area contributed by atoms with Gasteiger partial charge in [0.2, 0.25) is 0 Å². The molecule has 0 fully saturated rings. The third kappa shape index (κ3) is 5.96. The molecule has 0 aliphatic heterocycles. The molecule has 130 valence electrons. The van der Waals surface area contributed by atoms with Crippen LogP contribution in [0, 0.1) is 5.92 Å². The van der Waals surface area contributed by atoms with Crippen LogP contribution >= 0.6 is 11.8 Å². The molecule has 0 radical (unpaired) electrons. The highest BCUT2D eigenvalue weighted by Gasteiger charge is 2.21. The fourth-order valence-electron chi connectivity index (χ4n) is 2.34. The summed E-state index contributed by atoms with van der Waals surface area (Å²) in [6.07, 6.45) is 5.27. The van der Waals surface area contributed by atoms with Crippen molar-refractivity contribution in [3.63, 3.8) is 0 Å². The van der Waals surface area contributed by atoms with E-state index in [-0.39, 0.29) is 12.3 Å². The fourth-order valence-corrected chi connectivity index (χ4v) is 2.84. The normalized spacial score (nSPS) is 17.8. The van der Waals surface area contributed by atoms with Gasteiger partial charge in [0.15, 0.2) is 6.10 Å². The van der Waals surface area contributed by atoms with Gasteiger partial charge in [-0.1, -0.05) is 23.9 Å². The number of alkyl halides is 2. The lowest BCUT2D eigenvalue weighted by Crippen LogP contribution is -2.30. The Morgan fingerprint density at radius 2 is 2.04 bits per heavy atom. The molecule has 0 spiro atoms. The maximum atomic E-state index is 12.2. The van der Waals surface area contributed by atoms with E-state index in [2.05, 4.69) is 5.32 Å². The van der Waals surface area contributed by atoms with Gasteiger partial charge >= 0.3 is 5.97 Å². The van der Waals surface area contributed by atoms with Gasteiger partial charge in [-0.25, -0.2) is 0 Å². The SMILES string of the molecule is C[C@@H](OC(=O)C[C@H]1C=CCC1)C(=O)Nc1ccc(SC(F)F)cc1. The van der Waals surface area contributed by atoms with Crippen molar-refractivity contribution in [2.75, 3.05) is 5.32 Å². The minimum atomic E-state index is -2.49. The summed E-state index contributed by atoms with van der Waals surface area (Å²) in [7, 11) is 0. The number of carbonyl (C=O) groups excluding carboxylic acids is 2. The van der Waals surface area contributed by atoms with Crippen LogP contribution < -0.4 is 5.32 Å². The quantitative estimate of drug-likeness (QED) is 0.452. The van der Waals surface area contributed by atoms with E-state index < -0.39 is 23.7 Å². The average molecular weight is 355 g/mol. The smallest absolute Gasteiger partial charge is 0.307 e. The average Bonchev–Trinajstić information content (AvgIpc) is 3.01. The number of benzene rings is 1. The summed E-state index contributed by atoms with van der Waals surface area (Å²) >= 11 is 0.435. The molecule has 0 heterocycles. The second-order valence-electron chi connectivity index (χ2n) is 5.49. The van der Waals surface area contributed by atoms with Crippen molar-refractivity contribution >= 4 is 29.3 Å². The predicted molar refractivity (Wildman–Crippen MR) is 89.0 cm³/mol. The summed E-state index contributed by atoms with van der Waals surface area (Å²) < 4.78 is 29.6. The first kappa shape index (κ1) is 18.4. The molecule has 0 saturated carbocycles. The highest BCUT2D eigenvalue weighted by Crippen LogP contribution is 2.26.